The van der Waals surface area contributed by atoms with E-state index in [9.17, 15) is 19.5 Å². The van der Waals surface area contributed by atoms with E-state index in [-0.39, 0.29) is 24.1 Å². The summed E-state index contributed by atoms with van der Waals surface area (Å²) in [5.41, 5.74) is 4.51. The van der Waals surface area contributed by atoms with Gasteiger partial charge in [-0.05, 0) is 0 Å². The average molecular weight is 281 g/mol. The number of nitrogens with zero attached hydrogens (tertiary/aromatic N) is 4. The maximum Gasteiger partial charge on any atom is 0.332 e. The van der Waals surface area contributed by atoms with Gasteiger partial charge in [0, 0.05) is 27.1 Å². The summed E-state index contributed by atoms with van der Waals surface area (Å²) in [7, 11) is 2.89. The van der Waals surface area contributed by atoms with Crippen LogP contribution in [0.3, 0.4) is 0 Å². The van der Waals surface area contributed by atoms with Gasteiger partial charge in [-0.3, -0.25) is 18.7 Å². The van der Waals surface area contributed by atoms with Crippen LogP contribution in [0.4, 0.5) is 0 Å². The van der Waals surface area contributed by atoms with Gasteiger partial charge in [0.15, 0.2) is 11.2 Å². The topological polar surface area (TPSA) is 125 Å². The lowest BCUT2D eigenvalue weighted by Gasteiger charge is -2.08. The first kappa shape index (κ1) is 14.0. The van der Waals surface area contributed by atoms with Crippen LogP contribution in [-0.4, -0.2) is 35.8 Å². The molecule has 20 heavy (non-hydrogen) atoms. The molecule has 0 saturated heterocycles. The van der Waals surface area contributed by atoms with E-state index in [1.54, 1.807) is 0 Å². The number of carbonyl (C=O) groups excluding carboxylic acids is 1. The molecule has 9 nitrogen and oxygen atoms in total. The van der Waals surface area contributed by atoms with Crippen LogP contribution in [-0.2, 0) is 25.4 Å². The fourth-order valence-corrected chi connectivity index (χ4v) is 1.97. The van der Waals surface area contributed by atoms with E-state index in [0.717, 1.165) is 4.57 Å². The van der Waals surface area contributed by atoms with E-state index in [4.69, 9.17) is 5.73 Å². The van der Waals surface area contributed by atoms with Crippen molar-refractivity contribution < 1.29 is 9.90 Å². The Bertz CT molecular complexity index is 784. The molecule has 0 saturated carbocycles. The first-order chi connectivity index (χ1) is 9.34. The second-order valence-electron chi connectivity index (χ2n) is 4.52. The van der Waals surface area contributed by atoms with Gasteiger partial charge in [0.05, 0.1) is 6.33 Å². The molecule has 1 amide bonds. The third-order valence-electron chi connectivity index (χ3n) is 3.19. The Balaban J connectivity index is 2.50. The Kier molecular flexibility index (Phi) is 3.45. The summed E-state index contributed by atoms with van der Waals surface area (Å²) in [4.78, 5) is 38.6. The predicted octanol–water partition coefficient (Wildman–Crippen LogP) is -2.33. The monoisotopic (exact) mass is 281 g/mol. The highest BCUT2D eigenvalue weighted by Crippen LogP contribution is 2.07. The van der Waals surface area contributed by atoms with Crippen LogP contribution in [0.25, 0.3) is 11.2 Å². The summed E-state index contributed by atoms with van der Waals surface area (Å²) in [6.45, 7) is 0.189. The molecule has 1 unspecified atom stereocenters. The van der Waals surface area contributed by atoms with E-state index in [1.165, 1.54) is 29.6 Å². The molecule has 0 bridgehead atoms. The molecular formula is C11H15N5O4. The molecule has 2 aromatic rings. The number of aliphatic hydroxyl groups is 1. The summed E-state index contributed by atoms with van der Waals surface area (Å²) in [5.74, 6) is -0.824. The molecule has 0 aliphatic carbocycles. The lowest BCUT2D eigenvalue weighted by atomic mass is 10.2. The van der Waals surface area contributed by atoms with E-state index in [2.05, 4.69) is 4.98 Å². The number of aromatic nitrogens is 4. The lowest BCUT2D eigenvalue weighted by molar-refractivity contribution is -0.126. The quantitative estimate of drug-likeness (QED) is 0.650. The maximum absolute atomic E-state index is 12.1. The Morgan fingerprint density at radius 1 is 1.40 bits per heavy atom. The second kappa shape index (κ2) is 4.93. The molecule has 0 aliphatic heterocycles. The standard InChI is InChI=1S/C11H15N5O4/c1-14-9-7(10(19)15(2)11(14)20)16(5-13-9)4-3-6(17)8(12)18/h5-6,17H,3-4H2,1-2H3,(H2,12,18). The SMILES string of the molecule is Cn1c(=O)c2c(ncn2CCC(O)C(N)=O)n(C)c1=O. The van der Waals surface area contributed by atoms with Gasteiger partial charge < -0.3 is 15.4 Å². The van der Waals surface area contributed by atoms with Crippen LogP contribution in [0.5, 0.6) is 0 Å². The molecule has 0 aliphatic rings. The van der Waals surface area contributed by atoms with Gasteiger partial charge in [-0.15, -0.1) is 0 Å². The number of hydrogen-bond donors (Lipinski definition) is 2. The van der Waals surface area contributed by atoms with Crippen LogP contribution in [0, 0.1) is 0 Å². The molecule has 0 spiro atoms. The van der Waals surface area contributed by atoms with Crippen molar-refractivity contribution in [2.24, 2.45) is 19.8 Å². The second-order valence-corrected chi connectivity index (χ2v) is 4.52. The number of aryl methyl sites for hydroxylation is 2. The first-order valence-electron chi connectivity index (χ1n) is 5.92. The molecule has 2 heterocycles. The Hall–Kier alpha value is -2.42. The molecule has 2 rings (SSSR count). The third kappa shape index (κ3) is 2.11. The van der Waals surface area contributed by atoms with Crippen LogP contribution in [0.15, 0.2) is 15.9 Å². The van der Waals surface area contributed by atoms with Gasteiger partial charge in [0.25, 0.3) is 5.56 Å². The molecule has 0 aromatic carbocycles. The number of aliphatic hydroxyl groups excluding tert-OH is 1. The molecule has 1 atom stereocenters. The first-order valence-corrected chi connectivity index (χ1v) is 5.92. The normalized spacial score (nSPS) is 12.8. The number of primary amides is 1. The number of imidazole rings is 1. The Morgan fingerprint density at radius 3 is 2.65 bits per heavy atom. The van der Waals surface area contributed by atoms with E-state index >= 15 is 0 Å². The minimum atomic E-state index is -1.29. The van der Waals surface area contributed by atoms with Crippen molar-refractivity contribution in [2.75, 3.05) is 0 Å². The maximum atomic E-state index is 12.1. The lowest BCUT2D eigenvalue weighted by Crippen LogP contribution is -2.37. The summed E-state index contributed by atoms with van der Waals surface area (Å²) < 4.78 is 3.73. The molecule has 3 N–H and O–H groups in total. The van der Waals surface area contributed by atoms with Gasteiger partial charge >= 0.3 is 5.69 Å². The zero-order valence-electron chi connectivity index (χ0n) is 11.1. The average Bonchev–Trinajstić information content (AvgIpc) is 2.83. The predicted molar refractivity (Wildman–Crippen MR) is 70.0 cm³/mol. The van der Waals surface area contributed by atoms with Gasteiger partial charge in [-0.25, -0.2) is 9.78 Å². The number of nitrogens with two attached hydrogens (primary N) is 1. The van der Waals surface area contributed by atoms with E-state index in [1.807, 2.05) is 0 Å². The fraction of sp³-hybridized carbons (Fsp3) is 0.455. The van der Waals surface area contributed by atoms with Crippen molar-refractivity contribution in [1.29, 1.82) is 0 Å². The molecule has 0 fully saturated rings. The largest absolute Gasteiger partial charge is 0.383 e. The third-order valence-corrected chi connectivity index (χ3v) is 3.19. The zero-order valence-corrected chi connectivity index (χ0v) is 11.1. The fourth-order valence-electron chi connectivity index (χ4n) is 1.97. The molecule has 9 heteroatoms. The highest BCUT2D eigenvalue weighted by atomic mass is 16.3. The van der Waals surface area contributed by atoms with Gasteiger partial charge in [0.2, 0.25) is 5.91 Å². The van der Waals surface area contributed by atoms with Crippen molar-refractivity contribution in [1.82, 2.24) is 18.7 Å². The molecule has 108 valence electrons. The number of fused-ring (bicyclic) bond motifs is 1. The Morgan fingerprint density at radius 2 is 2.05 bits per heavy atom. The van der Waals surface area contributed by atoms with Crippen LogP contribution in [0.2, 0.25) is 0 Å². The summed E-state index contributed by atoms with van der Waals surface area (Å²) in [5, 5.41) is 9.37. The van der Waals surface area contributed by atoms with Gasteiger partial charge in [-0.2, -0.15) is 0 Å². The van der Waals surface area contributed by atoms with Crippen molar-refractivity contribution in [2.45, 2.75) is 19.1 Å². The number of carbonyl (C=O) groups is 1. The summed E-state index contributed by atoms with van der Waals surface area (Å²) in [6, 6.07) is 0. The minimum Gasteiger partial charge on any atom is -0.383 e. The van der Waals surface area contributed by atoms with E-state index in [0.29, 0.717) is 0 Å². The van der Waals surface area contributed by atoms with Crippen molar-refractivity contribution in [3.63, 3.8) is 0 Å². The number of rotatable bonds is 4. The highest BCUT2D eigenvalue weighted by molar-refractivity contribution is 5.78. The number of hydrogen-bond acceptors (Lipinski definition) is 5. The molecule has 0 radical (unpaired) electrons. The van der Waals surface area contributed by atoms with Crippen LogP contribution >= 0.6 is 0 Å². The summed E-state index contributed by atoms with van der Waals surface area (Å²) in [6.07, 6.45) is 0.162. The van der Waals surface area contributed by atoms with Crippen molar-refractivity contribution in [3.05, 3.63) is 27.2 Å². The van der Waals surface area contributed by atoms with Crippen molar-refractivity contribution in [3.8, 4) is 0 Å². The zero-order chi connectivity index (χ0) is 15.0. The summed E-state index contributed by atoms with van der Waals surface area (Å²) >= 11 is 0. The highest BCUT2D eigenvalue weighted by Gasteiger charge is 2.16. The molecule has 2 aromatic heterocycles. The molecular weight excluding hydrogens is 266 g/mol. The van der Waals surface area contributed by atoms with Crippen LogP contribution in [0.1, 0.15) is 6.42 Å². The minimum absolute atomic E-state index is 0.0623. The van der Waals surface area contributed by atoms with Gasteiger partial charge in [0.1, 0.15) is 6.10 Å². The van der Waals surface area contributed by atoms with Gasteiger partial charge in [-0.1, -0.05) is 0 Å². The van der Waals surface area contributed by atoms with Crippen molar-refractivity contribution >= 4 is 17.1 Å². The van der Waals surface area contributed by atoms with Crippen LogP contribution < -0.4 is 17.0 Å². The Labute approximate surface area is 112 Å². The van der Waals surface area contributed by atoms with E-state index < -0.39 is 23.3 Å². The number of amides is 1. The smallest absolute Gasteiger partial charge is 0.332 e.